The van der Waals surface area contributed by atoms with Crippen LogP contribution in [-0.4, -0.2) is 46.6 Å². The van der Waals surface area contributed by atoms with Gasteiger partial charge in [0.2, 0.25) is 5.91 Å². The van der Waals surface area contributed by atoms with Crippen LogP contribution in [0, 0.1) is 0 Å². The van der Waals surface area contributed by atoms with Gasteiger partial charge < -0.3 is 31.4 Å². The number of H-pyrrole nitrogens is 1. The molecule has 0 aliphatic carbocycles. The summed E-state index contributed by atoms with van der Waals surface area (Å²) in [5, 5.41) is 12.5. The van der Waals surface area contributed by atoms with Gasteiger partial charge in [0.05, 0.1) is 0 Å². The van der Waals surface area contributed by atoms with Crippen LogP contribution in [0.1, 0.15) is 74.4 Å². The molecule has 1 aromatic heterocycles. The Kier molecular flexibility index (Phi) is 12.9. The van der Waals surface area contributed by atoms with Gasteiger partial charge in [-0.1, -0.05) is 63.9 Å². The minimum absolute atomic E-state index is 0.00228. The number of hydrogen-bond acceptors (Lipinski definition) is 6. The summed E-state index contributed by atoms with van der Waals surface area (Å²) in [6.45, 7) is 6.76. The van der Waals surface area contributed by atoms with Gasteiger partial charge in [0, 0.05) is 53.4 Å². The molecule has 0 aliphatic heterocycles. The average molecular weight is 685 g/mol. The molecule has 7 N–H and O–H groups in total. The fourth-order valence-electron chi connectivity index (χ4n) is 5.24. The molecule has 0 fully saturated rings. The standard InChI is InChI=1S/C37H44N6O5S/c1-37(2,3)26-15-13-24(14-16-26)33(45)43-36(49)42-28-19-17-27(18-20-28)41-32(44)12-6-4-5-9-21-39-34(46)31(48-35(38)47)22-25-23-40-30-11-8-7-10-29(25)30/h7-8,10-11,13-20,23,31,40H,4-6,9,12,21-22H2,1-3H3,(H2,38,47)(H,39,46)(H,41,44)(H2,42,43,45,49). The zero-order chi connectivity index (χ0) is 35.4. The predicted octanol–water partition coefficient (Wildman–Crippen LogP) is 6.30. The van der Waals surface area contributed by atoms with E-state index in [1.54, 1.807) is 42.6 Å². The lowest BCUT2D eigenvalue weighted by atomic mass is 9.87. The number of fused-ring (bicyclic) bond motifs is 1. The van der Waals surface area contributed by atoms with Gasteiger partial charge in [-0.2, -0.15) is 0 Å². The Balaban J connectivity index is 1.10. The normalized spacial score (nSPS) is 11.7. The second-order valence-corrected chi connectivity index (χ2v) is 13.2. The van der Waals surface area contributed by atoms with E-state index in [2.05, 4.69) is 47.0 Å². The van der Waals surface area contributed by atoms with E-state index in [1.807, 2.05) is 36.4 Å². The van der Waals surface area contributed by atoms with Gasteiger partial charge >= 0.3 is 6.09 Å². The van der Waals surface area contributed by atoms with Gasteiger partial charge in [-0.3, -0.25) is 19.7 Å². The van der Waals surface area contributed by atoms with Crippen molar-refractivity contribution in [1.82, 2.24) is 15.6 Å². The van der Waals surface area contributed by atoms with Crippen LogP contribution in [0.5, 0.6) is 0 Å². The Bertz CT molecular complexity index is 1760. The maximum Gasteiger partial charge on any atom is 0.405 e. The molecule has 0 spiro atoms. The van der Waals surface area contributed by atoms with Crippen molar-refractivity contribution in [3.63, 3.8) is 0 Å². The van der Waals surface area contributed by atoms with Crippen LogP contribution in [0.15, 0.2) is 79.0 Å². The largest absolute Gasteiger partial charge is 0.436 e. The molecule has 4 amide bonds. The highest BCUT2D eigenvalue weighted by Gasteiger charge is 2.23. The number of hydrogen-bond donors (Lipinski definition) is 6. The number of nitrogens with two attached hydrogens (primary N) is 1. The molecule has 0 radical (unpaired) electrons. The zero-order valence-electron chi connectivity index (χ0n) is 28.1. The zero-order valence-corrected chi connectivity index (χ0v) is 28.9. The molecular weight excluding hydrogens is 641 g/mol. The number of unbranched alkanes of at least 4 members (excludes halogenated alkanes) is 3. The van der Waals surface area contributed by atoms with Crippen LogP contribution in [0.25, 0.3) is 10.9 Å². The van der Waals surface area contributed by atoms with E-state index in [0.29, 0.717) is 42.7 Å². The molecule has 49 heavy (non-hydrogen) atoms. The van der Waals surface area contributed by atoms with Crippen molar-refractivity contribution in [1.29, 1.82) is 0 Å². The summed E-state index contributed by atoms with van der Waals surface area (Å²) in [5.74, 6) is -0.802. The quantitative estimate of drug-likeness (QED) is 0.0669. The lowest BCUT2D eigenvalue weighted by molar-refractivity contribution is -0.129. The van der Waals surface area contributed by atoms with Crippen LogP contribution in [0.2, 0.25) is 0 Å². The van der Waals surface area contributed by atoms with Crippen molar-refractivity contribution in [2.75, 3.05) is 17.2 Å². The number of aromatic amines is 1. The number of thiocarbonyl (C=S) groups is 1. The molecular formula is C37H44N6O5S. The number of carbonyl (C=O) groups excluding carboxylic acids is 4. The van der Waals surface area contributed by atoms with Crippen molar-refractivity contribution in [3.05, 3.63) is 95.7 Å². The second-order valence-electron chi connectivity index (χ2n) is 12.8. The van der Waals surface area contributed by atoms with E-state index in [-0.39, 0.29) is 28.8 Å². The number of benzene rings is 3. The molecule has 1 unspecified atom stereocenters. The average Bonchev–Trinajstić information content (AvgIpc) is 3.46. The molecule has 4 rings (SSSR count). The number of rotatable bonds is 14. The summed E-state index contributed by atoms with van der Waals surface area (Å²) < 4.78 is 5.11. The van der Waals surface area contributed by atoms with Crippen molar-refractivity contribution >= 4 is 63.4 Å². The number of amides is 4. The predicted molar refractivity (Wildman–Crippen MR) is 196 cm³/mol. The number of aromatic nitrogens is 1. The lowest BCUT2D eigenvalue weighted by Crippen LogP contribution is -2.40. The molecule has 3 aromatic carbocycles. The Morgan fingerprint density at radius 3 is 2.18 bits per heavy atom. The third-order valence-electron chi connectivity index (χ3n) is 7.93. The first-order valence-corrected chi connectivity index (χ1v) is 16.7. The third-order valence-corrected chi connectivity index (χ3v) is 8.13. The Morgan fingerprint density at radius 2 is 1.51 bits per heavy atom. The van der Waals surface area contributed by atoms with Crippen molar-refractivity contribution in [2.24, 2.45) is 5.73 Å². The SMILES string of the molecule is CC(C)(C)c1ccc(C(=O)NC(=S)Nc2ccc(NC(=O)CCCCCCNC(=O)C(Cc3c[nH]c4ccccc34)OC(N)=O)cc2)cc1. The van der Waals surface area contributed by atoms with Crippen LogP contribution in [-0.2, 0) is 26.2 Å². The molecule has 258 valence electrons. The van der Waals surface area contributed by atoms with Crippen molar-refractivity contribution in [2.45, 2.75) is 70.8 Å². The highest BCUT2D eigenvalue weighted by Crippen LogP contribution is 2.23. The third kappa shape index (κ3) is 11.5. The molecule has 0 bridgehead atoms. The topological polar surface area (TPSA) is 167 Å². The number of anilines is 2. The van der Waals surface area contributed by atoms with Crippen molar-refractivity contribution < 1.29 is 23.9 Å². The van der Waals surface area contributed by atoms with E-state index in [9.17, 15) is 19.2 Å². The lowest BCUT2D eigenvalue weighted by Gasteiger charge is -2.19. The van der Waals surface area contributed by atoms with Gasteiger partial charge in [-0.25, -0.2) is 4.79 Å². The maximum absolute atomic E-state index is 12.8. The highest BCUT2D eigenvalue weighted by molar-refractivity contribution is 7.80. The first kappa shape index (κ1) is 36.6. The van der Waals surface area contributed by atoms with E-state index in [0.717, 1.165) is 34.9 Å². The van der Waals surface area contributed by atoms with E-state index < -0.39 is 18.1 Å². The summed E-state index contributed by atoms with van der Waals surface area (Å²) in [5.41, 5.74) is 9.97. The number of para-hydroxylation sites is 1. The Hall–Kier alpha value is -5.23. The Morgan fingerprint density at radius 1 is 0.857 bits per heavy atom. The van der Waals surface area contributed by atoms with Gasteiger partial charge in [-0.05, 0) is 84.1 Å². The second kappa shape index (κ2) is 17.3. The number of carbonyl (C=O) groups is 4. The number of nitrogens with one attached hydrogen (secondary N) is 5. The summed E-state index contributed by atoms with van der Waals surface area (Å²) in [7, 11) is 0. The minimum Gasteiger partial charge on any atom is -0.436 e. The molecule has 4 aromatic rings. The molecule has 11 nitrogen and oxygen atoms in total. The molecule has 1 atom stereocenters. The Labute approximate surface area is 291 Å². The smallest absolute Gasteiger partial charge is 0.405 e. The van der Waals surface area contributed by atoms with Crippen LogP contribution in [0.4, 0.5) is 16.2 Å². The molecule has 12 heteroatoms. The fourth-order valence-corrected chi connectivity index (χ4v) is 5.45. The summed E-state index contributed by atoms with van der Waals surface area (Å²) >= 11 is 5.30. The van der Waals surface area contributed by atoms with E-state index in [1.165, 1.54) is 0 Å². The van der Waals surface area contributed by atoms with Crippen LogP contribution >= 0.6 is 12.2 Å². The van der Waals surface area contributed by atoms with Crippen LogP contribution in [0.3, 0.4) is 0 Å². The maximum atomic E-state index is 12.8. The summed E-state index contributed by atoms with van der Waals surface area (Å²) in [4.78, 5) is 52.4. The summed E-state index contributed by atoms with van der Waals surface area (Å²) in [6.07, 6.45) is 3.35. The van der Waals surface area contributed by atoms with E-state index >= 15 is 0 Å². The molecule has 0 saturated carbocycles. The highest BCUT2D eigenvalue weighted by atomic mass is 32.1. The van der Waals surface area contributed by atoms with Crippen molar-refractivity contribution in [3.8, 4) is 0 Å². The van der Waals surface area contributed by atoms with Gasteiger partial charge in [0.25, 0.3) is 11.8 Å². The number of primary amides is 1. The van der Waals surface area contributed by atoms with Crippen LogP contribution < -0.4 is 27.0 Å². The minimum atomic E-state index is -1.04. The monoisotopic (exact) mass is 684 g/mol. The molecule has 0 aliphatic rings. The van der Waals surface area contributed by atoms with E-state index in [4.69, 9.17) is 22.7 Å². The first-order valence-electron chi connectivity index (χ1n) is 16.3. The fraction of sp³-hybridized carbons (Fsp3) is 0.324. The van der Waals surface area contributed by atoms with Gasteiger partial charge in [-0.15, -0.1) is 0 Å². The van der Waals surface area contributed by atoms with Gasteiger partial charge in [0.15, 0.2) is 11.2 Å². The summed E-state index contributed by atoms with van der Waals surface area (Å²) in [6, 6.07) is 22.2. The molecule has 0 saturated heterocycles. The first-order chi connectivity index (χ1) is 23.4. The van der Waals surface area contributed by atoms with Gasteiger partial charge in [0.1, 0.15) is 0 Å². The number of ether oxygens (including phenoxy) is 1. The molecule has 1 heterocycles.